The van der Waals surface area contributed by atoms with Crippen LogP contribution in [-0.4, -0.2) is 46.1 Å². The summed E-state index contributed by atoms with van der Waals surface area (Å²) in [4.78, 5) is 43.0. The largest absolute Gasteiger partial charge is 0.508 e. The zero-order valence-electron chi connectivity index (χ0n) is 26.4. The molecule has 3 unspecified atom stereocenters. The van der Waals surface area contributed by atoms with Crippen molar-refractivity contribution in [2.75, 3.05) is 11.9 Å². The van der Waals surface area contributed by atoms with Crippen molar-refractivity contribution < 1.29 is 24.2 Å². The predicted octanol–water partition coefficient (Wildman–Crippen LogP) is 7.57. The maximum Gasteiger partial charge on any atom is 0.408 e. The van der Waals surface area contributed by atoms with Gasteiger partial charge in [0.1, 0.15) is 23.4 Å². The molecule has 0 aliphatic heterocycles. The van der Waals surface area contributed by atoms with E-state index in [0.29, 0.717) is 30.6 Å². The number of carbonyl (C=O) groups excluding carboxylic acids is 3. The molecule has 8 heteroatoms. The summed E-state index contributed by atoms with van der Waals surface area (Å²) in [5.41, 5.74) is 0.428. The first kappa shape index (κ1) is 33.4. The molecule has 3 atom stereocenters. The van der Waals surface area contributed by atoms with Gasteiger partial charge in [-0.3, -0.25) is 9.59 Å². The van der Waals surface area contributed by atoms with Crippen molar-refractivity contribution >= 4 is 34.4 Å². The number of hydrogen-bond donors (Lipinski definition) is 3. The molecule has 0 heterocycles. The highest BCUT2D eigenvalue weighted by Crippen LogP contribution is 2.29. The van der Waals surface area contributed by atoms with Gasteiger partial charge in [0.25, 0.3) is 5.91 Å². The first-order chi connectivity index (χ1) is 20.4. The number of anilines is 1. The average molecular weight is 590 g/mol. The van der Waals surface area contributed by atoms with E-state index in [0.717, 1.165) is 30.0 Å². The zero-order valence-corrected chi connectivity index (χ0v) is 26.4. The van der Waals surface area contributed by atoms with Crippen LogP contribution in [0.25, 0.3) is 10.8 Å². The number of amides is 3. The summed E-state index contributed by atoms with van der Waals surface area (Å²) < 4.78 is 5.50. The lowest BCUT2D eigenvalue weighted by Crippen LogP contribution is -2.55. The maximum absolute atomic E-state index is 14.4. The van der Waals surface area contributed by atoms with E-state index in [1.165, 1.54) is 12.1 Å². The first-order valence-corrected chi connectivity index (χ1v) is 15.3. The van der Waals surface area contributed by atoms with Crippen LogP contribution in [0.1, 0.15) is 85.3 Å². The number of carbonyl (C=O) groups is 3. The van der Waals surface area contributed by atoms with Crippen molar-refractivity contribution in [1.82, 2.24) is 10.2 Å². The minimum absolute atomic E-state index is 0.0577. The van der Waals surface area contributed by atoms with Gasteiger partial charge < -0.3 is 25.4 Å². The van der Waals surface area contributed by atoms with Crippen LogP contribution in [0.3, 0.4) is 0 Å². The molecule has 0 aromatic heterocycles. The van der Waals surface area contributed by atoms with Gasteiger partial charge in [-0.15, -0.1) is 0 Å². The summed E-state index contributed by atoms with van der Waals surface area (Å²) >= 11 is 0. The van der Waals surface area contributed by atoms with Crippen LogP contribution in [0, 0.1) is 5.92 Å². The third kappa shape index (κ3) is 9.73. The minimum atomic E-state index is -1.01. The van der Waals surface area contributed by atoms with Gasteiger partial charge in [0.15, 0.2) is 0 Å². The van der Waals surface area contributed by atoms with E-state index >= 15 is 0 Å². The first-order valence-electron chi connectivity index (χ1n) is 15.3. The highest BCUT2D eigenvalue weighted by Gasteiger charge is 2.38. The molecule has 0 radical (unpaired) electrons. The molecule has 3 rings (SSSR count). The number of ether oxygens (including phenoxy) is 1. The predicted molar refractivity (Wildman–Crippen MR) is 172 cm³/mol. The molecule has 3 aromatic carbocycles. The number of aromatic hydroxyl groups is 1. The Labute approximate surface area is 255 Å². The van der Waals surface area contributed by atoms with E-state index in [1.807, 2.05) is 56.3 Å². The van der Waals surface area contributed by atoms with Crippen LogP contribution in [0.15, 0.2) is 66.7 Å². The molecule has 0 aliphatic rings. The monoisotopic (exact) mass is 589 g/mol. The summed E-state index contributed by atoms with van der Waals surface area (Å²) in [5, 5.41) is 17.9. The van der Waals surface area contributed by atoms with Gasteiger partial charge in [-0.2, -0.15) is 0 Å². The molecule has 3 N–H and O–H groups in total. The summed E-state index contributed by atoms with van der Waals surface area (Å²) in [5.74, 6) is -0.905. The van der Waals surface area contributed by atoms with Crippen LogP contribution < -0.4 is 10.6 Å². The van der Waals surface area contributed by atoms with Gasteiger partial charge in [-0.1, -0.05) is 88.9 Å². The van der Waals surface area contributed by atoms with Gasteiger partial charge in [0.2, 0.25) is 5.91 Å². The molecule has 232 valence electrons. The average Bonchev–Trinajstić information content (AvgIpc) is 2.96. The van der Waals surface area contributed by atoms with E-state index in [-0.39, 0.29) is 23.5 Å². The van der Waals surface area contributed by atoms with Crippen LogP contribution >= 0.6 is 0 Å². The Balaban J connectivity index is 2.03. The highest BCUT2D eigenvalue weighted by atomic mass is 16.6. The summed E-state index contributed by atoms with van der Waals surface area (Å²) in [6.45, 7) is 11.6. The zero-order chi connectivity index (χ0) is 31.6. The summed E-state index contributed by atoms with van der Waals surface area (Å²) in [7, 11) is 0. The van der Waals surface area contributed by atoms with Gasteiger partial charge in [0, 0.05) is 12.2 Å². The fraction of sp³-hybridized carbons (Fsp3) is 0.457. The van der Waals surface area contributed by atoms with E-state index in [9.17, 15) is 19.5 Å². The molecule has 0 spiro atoms. The Hall–Kier alpha value is -4.07. The lowest BCUT2D eigenvalue weighted by molar-refractivity contribution is -0.142. The third-order valence-electron chi connectivity index (χ3n) is 7.47. The standard InChI is InChI=1S/C35H47N3O5/c1-7-9-10-13-22-38(33(41)30(24(3)8-2)37-34(42)43-35(4,5)6)31(26-17-20-29(39)21-18-26)32(40)36-28-19-16-25-14-11-12-15-27(25)23-28/h11-12,14-21,23-24,30-31,39H,7-10,13,22H2,1-6H3,(H,36,40)(H,37,42). The SMILES string of the molecule is CCCCCCN(C(=O)C(NC(=O)OC(C)(C)C)C(C)CC)C(C(=O)Nc1ccc2ccccc2c1)c1ccc(O)cc1. The number of benzene rings is 3. The van der Waals surface area contributed by atoms with Crippen molar-refractivity contribution in [3.63, 3.8) is 0 Å². The number of fused-ring (bicyclic) bond motifs is 1. The number of rotatable bonds is 13. The van der Waals surface area contributed by atoms with Gasteiger partial charge in [-0.05, 0) is 73.7 Å². The van der Waals surface area contributed by atoms with Crippen LogP contribution in [0.4, 0.5) is 10.5 Å². The number of phenols is 1. The molecule has 0 saturated heterocycles. The molecule has 0 fully saturated rings. The van der Waals surface area contributed by atoms with E-state index in [4.69, 9.17) is 4.74 Å². The molecular formula is C35H47N3O5. The molecule has 8 nitrogen and oxygen atoms in total. The summed E-state index contributed by atoms with van der Waals surface area (Å²) in [6.07, 6.45) is 3.55. The van der Waals surface area contributed by atoms with Crippen molar-refractivity contribution in [2.45, 2.75) is 91.3 Å². The Morgan fingerprint density at radius 1 is 0.907 bits per heavy atom. The Morgan fingerprint density at radius 3 is 2.21 bits per heavy atom. The van der Waals surface area contributed by atoms with Crippen LogP contribution in [0.5, 0.6) is 5.75 Å². The van der Waals surface area contributed by atoms with E-state index < -0.39 is 23.8 Å². The number of unbranched alkanes of at least 4 members (excludes halogenated alkanes) is 3. The molecule has 0 aliphatic carbocycles. The quantitative estimate of drug-likeness (QED) is 0.178. The van der Waals surface area contributed by atoms with Crippen molar-refractivity contribution in [3.05, 3.63) is 72.3 Å². The second kappa shape index (κ2) is 15.4. The highest BCUT2D eigenvalue weighted by molar-refractivity contribution is 6.00. The number of phenolic OH excluding ortho intramolecular Hbond substituents is 1. The number of hydrogen-bond acceptors (Lipinski definition) is 5. The third-order valence-corrected chi connectivity index (χ3v) is 7.47. The van der Waals surface area contributed by atoms with Gasteiger partial charge in [0.05, 0.1) is 0 Å². The Bertz CT molecular complexity index is 1370. The van der Waals surface area contributed by atoms with Gasteiger partial charge >= 0.3 is 6.09 Å². The van der Waals surface area contributed by atoms with Crippen molar-refractivity contribution in [3.8, 4) is 5.75 Å². The second-order valence-corrected chi connectivity index (χ2v) is 12.1. The fourth-order valence-electron chi connectivity index (χ4n) is 4.98. The van der Waals surface area contributed by atoms with Crippen LogP contribution in [-0.2, 0) is 14.3 Å². The molecule has 43 heavy (non-hydrogen) atoms. The van der Waals surface area contributed by atoms with E-state index in [2.05, 4.69) is 17.6 Å². The summed E-state index contributed by atoms with van der Waals surface area (Å²) in [6, 6.07) is 18.0. The molecule has 3 aromatic rings. The number of alkyl carbamates (subject to hydrolysis) is 1. The lowest BCUT2D eigenvalue weighted by Gasteiger charge is -2.36. The van der Waals surface area contributed by atoms with Gasteiger partial charge in [-0.25, -0.2) is 4.79 Å². The van der Waals surface area contributed by atoms with Crippen molar-refractivity contribution in [1.29, 1.82) is 0 Å². The normalized spacial score (nSPS) is 13.5. The molecule has 0 bridgehead atoms. The molecule has 0 saturated carbocycles. The number of nitrogens with zero attached hydrogens (tertiary/aromatic N) is 1. The number of nitrogens with one attached hydrogen (secondary N) is 2. The lowest BCUT2D eigenvalue weighted by atomic mass is 9.95. The fourth-order valence-corrected chi connectivity index (χ4v) is 4.98. The smallest absolute Gasteiger partial charge is 0.408 e. The Morgan fingerprint density at radius 2 is 1.58 bits per heavy atom. The van der Waals surface area contributed by atoms with Crippen LogP contribution in [0.2, 0.25) is 0 Å². The Kier molecular flexibility index (Phi) is 12.0. The maximum atomic E-state index is 14.4. The second-order valence-electron chi connectivity index (χ2n) is 12.1. The molecule has 3 amide bonds. The van der Waals surface area contributed by atoms with E-state index in [1.54, 1.807) is 37.8 Å². The topological polar surface area (TPSA) is 108 Å². The molecular weight excluding hydrogens is 542 g/mol. The minimum Gasteiger partial charge on any atom is -0.508 e. The van der Waals surface area contributed by atoms with Crippen molar-refractivity contribution in [2.24, 2.45) is 5.92 Å².